The minimum absolute atomic E-state index is 0.0960. The first-order valence-corrected chi connectivity index (χ1v) is 9.86. The number of thioether (sulfide) groups is 1. The van der Waals surface area contributed by atoms with Crippen LogP contribution in [0, 0.1) is 0 Å². The molecule has 1 aromatic carbocycles. The third-order valence-corrected chi connectivity index (χ3v) is 5.36. The fraction of sp³-hybridized carbons (Fsp3) is 0.421. The molecule has 0 saturated carbocycles. The van der Waals surface area contributed by atoms with Crippen LogP contribution in [0.25, 0.3) is 5.69 Å². The maximum absolute atomic E-state index is 12.2. The second kappa shape index (κ2) is 8.40. The van der Waals surface area contributed by atoms with Crippen molar-refractivity contribution in [3.63, 3.8) is 0 Å². The average Bonchev–Trinajstić information content (AvgIpc) is 3.10. The third kappa shape index (κ3) is 4.46. The molecule has 0 unspecified atom stereocenters. The summed E-state index contributed by atoms with van der Waals surface area (Å²) >= 11 is 1.37. The first-order valence-electron chi connectivity index (χ1n) is 8.88. The van der Waals surface area contributed by atoms with Gasteiger partial charge in [0.2, 0.25) is 11.8 Å². The highest BCUT2D eigenvalue weighted by atomic mass is 32.2. The fourth-order valence-electron chi connectivity index (χ4n) is 2.89. The van der Waals surface area contributed by atoms with Gasteiger partial charge in [-0.1, -0.05) is 37.7 Å². The van der Waals surface area contributed by atoms with Gasteiger partial charge < -0.3 is 10.6 Å². The van der Waals surface area contributed by atoms with Crippen LogP contribution in [0.1, 0.15) is 38.2 Å². The molecule has 0 spiro atoms. The lowest BCUT2D eigenvalue weighted by Crippen LogP contribution is -2.50. The molecule has 3 rings (SSSR count). The Kier molecular flexibility index (Phi) is 5.98. The molecule has 2 N–H and O–H groups in total. The number of hydrogen-bond donors (Lipinski definition) is 2. The molecule has 138 valence electrons. The summed E-state index contributed by atoms with van der Waals surface area (Å²) in [5, 5.41) is 6.33. The molecule has 2 heterocycles. The van der Waals surface area contributed by atoms with E-state index in [9.17, 15) is 9.59 Å². The van der Waals surface area contributed by atoms with Gasteiger partial charge >= 0.3 is 0 Å². The smallest absolute Gasteiger partial charge is 0.242 e. The van der Waals surface area contributed by atoms with Crippen LogP contribution in [0.4, 0.5) is 0 Å². The van der Waals surface area contributed by atoms with Gasteiger partial charge in [-0.05, 0) is 36.5 Å². The summed E-state index contributed by atoms with van der Waals surface area (Å²) in [5.74, 6) is 0.467. The van der Waals surface area contributed by atoms with Crippen LogP contribution in [-0.2, 0) is 9.59 Å². The lowest BCUT2D eigenvalue weighted by molar-refractivity contribution is -0.129. The molecule has 1 aliphatic rings. The Morgan fingerprint density at radius 1 is 1.38 bits per heavy atom. The van der Waals surface area contributed by atoms with Crippen molar-refractivity contribution in [2.75, 3.05) is 12.3 Å². The zero-order valence-electron chi connectivity index (χ0n) is 15.1. The molecular weight excluding hydrogens is 348 g/mol. The lowest BCUT2D eigenvalue weighted by Gasteiger charge is -2.22. The van der Waals surface area contributed by atoms with E-state index in [0.29, 0.717) is 18.9 Å². The molecule has 0 bridgehead atoms. The number of aromatic nitrogens is 2. The van der Waals surface area contributed by atoms with Crippen molar-refractivity contribution in [2.24, 2.45) is 0 Å². The molecule has 1 fully saturated rings. The lowest BCUT2D eigenvalue weighted by atomic mass is 10.0. The Hall–Kier alpha value is -2.28. The number of rotatable bonds is 6. The van der Waals surface area contributed by atoms with Crippen molar-refractivity contribution in [1.82, 2.24) is 20.2 Å². The Morgan fingerprint density at radius 3 is 2.85 bits per heavy atom. The number of hydrogen-bond acceptors (Lipinski definition) is 4. The Morgan fingerprint density at radius 2 is 2.15 bits per heavy atom. The van der Waals surface area contributed by atoms with E-state index in [1.54, 1.807) is 6.20 Å². The zero-order valence-corrected chi connectivity index (χ0v) is 15.9. The van der Waals surface area contributed by atoms with Crippen molar-refractivity contribution >= 4 is 23.6 Å². The summed E-state index contributed by atoms with van der Waals surface area (Å²) in [6.45, 7) is 5.02. The van der Waals surface area contributed by atoms with Gasteiger partial charge in [0.25, 0.3) is 0 Å². The van der Waals surface area contributed by atoms with Gasteiger partial charge in [0.05, 0.1) is 5.75 Å². The topological polar surface area (TPSA) is 76.0 Å². The van der Waals surface area contributed by atoms with Gasteiger partial charge in [0, 0.05) is 24.6 Å². The zero-order chi connectivity index (χ0) is 18.5. The molecular formula is C19H24N4O2S. The summed E-state index contributed by atoms with van der Waals surface area (Å²) in [7, 11) is 0. The van der Waals surface area contributed by atoms with Crippen LogP contribution in [-0.4, -0.2) is 39.7 Å². The second-order valence-electron chi connectivity index (χ2n) is 6.67. The molecule has 1 aromatic heterocycles. The SMILES string of the molecule is CC(C)c1ccc(-n2ccnc2SCC(=O)N[C@@H]2CCCNC2=O)cc1. The summed E-state index contributed by atoms with van der Waals surface area (Å²) in [4.78, 5) is 28.2. The van der Waals surface area contributed by atoms with Crippen LogP contribution in [0.15, 0.2) is 41.8 Å². The number of nitrogens with zero attached hydrogens (tertiary/aromatic N) is 2. The van der Waals surface area contributed by atoms with Gasteiger partial charge in [0.15, 0.2) is 5.16 Å². The van der Waals surface area contributed by atoms with E-state index in [1.807, 2.05) is 10.8 Å². The molecule has 2 aromatic rings. The molecule has 0 radical (unpaired) electrons. The Bertz CT molecular complexity index is 770. The van der Waals surface area contributed by atoms with E-state index in [4.69, 9.17) is 0 Å². The Balaban J connectivity index is 1.60. The first kappa shape index (κ1) is 18.5. The van der Waals surface area contributed by atoms with Crippen LogP contribution in [0.2, 0.25) is 0 Å². The normalized spacial score (nSPS) is 17.2. The van der Waals surface area contributed by atoms with E-state index in [0.717, 1.165) is 17.3 Å². The van der Waals surface area contributed by atoms with Crippen molar-refractivity contribution in [2.45, 2.75) is 43.8 Å². The number of piperidine rings is 1. The quantitative estimate of drug-likeness (QED) is 0.764. The van der Waals surface area contributed by atoms with Gasteiger partial charge in [-0.25, -0.2) is 4.98 Å². The average molecular weight is 372 g/mol. The van der Waals surface area contributed by atoms with E-state index in [-0.39, 0.29) is 17.6 Å². The largest absolute Gasteiger partial charge is 0.354 e. The van der Waals surface area contributed by atoms with E-state index >= 15 is 0 Å². The van der Waals surface area contributed by atoms with E-state index in [1.165, 1.54) is 17.3 Å². The Labute approximate surface area is 157 Å². The highest BCUT2D eigenvalue weighted by molar-refractivity contribution is 7.99. The number of carbonyl (C=O) groups excluding carboxylic acids is 2. The van der Waals surface area contributed by atoms with E-state index in [2.05, 4.69) is 53.7 Å². The number of nitrogens with one attached hydrogen (secondary N) is 2. The van der Waals surface area contributed by atoms with Crippen molar-refractivity contribution in [3.05, 3.63) is 42.2 Å². The van der Waals surface area contributed by atoms with Crippen LogP contribution < -0.4 is 10.6 Å². The summed E-state index contributed by atoms with van der Waals surface area (Å²) in [6.07, 6.45) is 5.20. The predicted molar refractivity (Wildman–Crippen MR) is 103 cm³/mol. The van der Waals surface area contributed by atoms with Crippen molar-refractivity contribution in [1.29, 1.82) is 0 Å². The number of carbonyl (C=O) groups is 2. The molecule has 6 nitrogen and oxygen atoms in total. The van der Waals surface area contributed by atoms with Gasteiger partial charge in [-0.15, -0.1) is 0 Å². The minimum atomic E-state index is -0.417. The van der Waals surface area contributed by atoms with Crippen LogP contribution in [0.3, 0.4) is 0 Å². The number of benzene rings is 1. The van der Waals surface area contributed by atoms with Gasteiger partial charge in [0.1, 0.15) is 6.04 Å². The molecule has 0 aliphatic carbocycles. The third-order valence-electron chi connectivity index (χ3n) is 4.40. The first-order chi connectivity index (χ1) is 12.5. The van der Waals surface area contributed by atoms with Crippen LogP contribution in [0.5, 0.6) is 0 Å². The number of imidazole rings is 1. The van der Waals surface area contributed by atoms with Crippen LogP contribution >= 0.6 is 11.8 Å². The maximum Gasteiger partial charge on any atom is 0.242 e. The second-order valence-corrected chi connectivity index (χ2v) is 7.61. The molecule has 1 saturated heterocycles. The molecule has 1 atom stereocenters. The molecule has 1 aliphatic heterocycles. The highest BCUT2D eigenvalue weighted by Crippen LogP contribution is 2.22. The molecule has 26 heavy (non-hydrogen) atoms. The van der Waals surface area contributed by atoms with Gasteiger partial charge in [-0.3, -0.25) is 14.2 Å². The summed E-state index contributed by atoms with van der Waals surface area (Å²) in [6, 6.07) is 7.94. The van der Waals surface area contributed by atoms with Crippen molar-refractivity contribution < 1.29 is 9.59 Å². The number of amides is 2. The van der Waals surface area contributed by atoms with Crippen molar-refractivity contribution in [3.8, 4) is 5.69 Å². The fourth-order valence-corrected chi connectivity index (χ4v) is 3.67. The summed E-state index contributed by atoms with van der Waals surface area (Å²) < 4.78 is 1.97. The van der Waals surface area contributed by atoms with E-state index < -0.39 is 6.04 Å². The maximum atomic E-state index is 12.2. The molecule has 7 heteroatoms. The minimum Gasteiger partial charge on any atom is -0.354 e. The predicted octanol–water partition coefficient (Wildman–Crippen LogP) is 2.48. The monoisotopic (exact) mass is 372 g/mol. The highest BCUT2D eigenvalue weighted by Gasteiger charge is 2.23. The molecule has 2 amide bonds. The standard InChI is InChI=1S/C19H24N4O2S/c1-13(2)14-5-7-15(8-6-14)23-11-10-21-19(23)26-12-17(24)22-16-4-3-9-20-18(16)25/h5-8,10-11,13,16H,3-4,9,12H2,1-2H3,(H,20,25)(H,22,24)/t16-/m1/s1. The van der Waals surface area contributed by atoms with Gasteiger partial charge in [-0.2, -0.15) is 0 Å². The summed E-state index contributed by atoms with van der Waals surface area (Å²) in [5.41, 5.74) is 2.30.